The molecule has 100 valence electrons. The zero-order chi connectivity index (χ0) is 13.4. The lowest BCUT2D eigenvalue weighted by molar-refractivity contribution is 0.312. The average molecular weight is 296 g/mol. The molecule has 0 saturated heterocycles. The van der Waals surface area contributed by atoms with Crippen molar-refractivity contribution in [2.24, 2.45) is 5.92 Å². The van der Waals surface area contributed by atoms with E-state index in [0.29, 0.717) is 15.9 Å². The van der Waals surface area contributed by atoms with Crippen LogP contribution in [0, 0.1) is 5.92 Å². The molecule has 19 heavy (non-hydrogen) atoms. The van der Waals surface area contributed by atoms with Crippen LogP contribution < -0.4 is 5.73 Å². The summed E-state index contributed by atoms with van der Waals surface area (Å²) in [7, 11) is 0. The van der Waals surface area contributed by atoms with E-state index >= 15 is 0 Å². The fourth-order valence-electron chi connectivity index (χ4n) is 2.50. The number of aromatic amines is 1. The third kappa shape index (κ3) is 2.45. The van der Waals surface area contributed by atoms with Gasteiger partial charge in [-0.1, -0.05) is 48.5 Å². The van der Waals surface area contributed by atoms with Gasteiger partial charge in [-0.3, -0.25) is 5.10 Å². The van der Waals surface area contributed by atoms with Crippen LogP contribution in [0.1, 0.15) is 25.0 Å². The number of hydrogen-bond donors (Lipinski definition) is 2. The Bertz CT molecular complexity index is 603. The van der Waals surface area contributed by atoms with Gasteiger partial charge in [-0.25, -0.2) is 0 Å². The zero-order valence-corrected chi connectivity index (χ0v) is 11.9. The molecule has 0 amide bonds. The van der Waals surface area contributed by atoms with Crippen LogP contribution in [0.5, 0.6) is 0 Å². The molecule has 0 radical (unpaired) electrons. The lowest BCUT2D eigenvalue weighted by Crippen LogP contribution is -2.14. The van der Waals surface area contributed by atoms with Crippen molar-refractivity contribution in [3.63, 3.8) is 0 Å². The highest BCUT2D eigenvalue weighted by Gasteiger charge is 2.22. The van der Waals surface area contributed by atoms with Gasteiger partial charge in [0.1, 0.15) is 0 Å². The van der Waals surface area contributed by atoms with E-state index < -0.39 is 0 Å². The molecule has 1 aliphatic rings. The number of benzene rings is 1. The minimum absolute atomic E-state index is 0.521. The number of halogens is 2. The van der Waals surface area contributed by atoms with E-state index in [1.165, 1.54) is 19.3 Å². The molecule has 0 bridgehead atoms. The number of rotatable bonds is 3. The van der Waals surface area contributed by atoms with Crippen LogP contribution in [0.3, 0.4) is 0 Å². The van der Waals surface area contributed by atoms with Gasteiger partial charge in [-0.2, -0.15) is 5.10 Å². The Kier molecular flexibility index (Phi) is 3.42. The topological polar surface area (TPSA) is 54.7 Å². The second-order valence-electron chi connectivity index (χ2n) is 5.09. The van der Waals surface area contributed by atoms with Gasteiger partial charge < -0.3 is 5.73 Å². The summed E-state index contributed by atoms with van der Waals surface area (Å²) < 4.78 is 0. The molecule has 3 N–H and O–H groups in total. The van der Waals surface area contributed by atoms with E-state index in [1.807, 2.05) is 12.1 Å². The fourth-order valence-corrected chi connectivity index (χ4v) is 2.80. The maximum atomic E-state index is 6.08. The molecule has 0 aliphatic heterocycles. The van der Waals surface area contributed by atoms with E-state index in [9.17, 15) is 0 Å². The molecule has 3 rings (SSSR count). The summed E-state index contributed by atoms with van der Waals surface area (Å²) in [4.78, 5) is 0. The van der Waals surface area contributed by atoms with Gasteiger partial charge >= 0.3 is 0 Å². The first-order valence-corrected chi connectivity index (χ1v) is 7.19. The maximum absolute atomic E-state index is 6.08. The van der Waals surface area contributed by atoms with Crippen molar-refractivity contribution in [3.8, 4) is 11.1 Å². The van der Waals surface area contributed by atoms with Crippen LogP contribution in [-0.2, 0) is 6.42 Å². The number of nitrogens with one attached hydrogen (secondary N) is 1. The van der Waals surface area contributed by atoms with Crippen molar-refractivity contribution < 1.29 is 0 Å². The SMILES string of the molecule is Nc1n[nH]c(CC2CCC2)c1-c1ccc(Cl)c(Cl)c1. The summed E-state index contributed by atoms with van der Waals surface area (Å²) in [6.45, 7) is 0. The Morgan fingerprint density at radius 3 is 2.68 bits per heavy atom. The maximum Gasteiger partial charge on any atom is 0.153 e. The largest absolute Gasteiger partial charge is 0.382 e. The van der Waals surface area contributed by atoms with Gasteiger partial charge in [-0.15, -0.1) is 0 Å². The van der Waals surface area contributed by atoms with Crippen molar-refractivity contribution in [1.29, 1.82) is 0 Å². The molecule has 0 atom stereocenters. The summed E-state index contributed by atoms with van der Waals surface area (Å²) in [6, 6.07) is 5.56. The molecule has 1 aromatic carbocycles. The smallest absolute Gasteiger partial charge is 0.153 e. The molecular formula is C14H15Cl2N3. The predicted molar refractivity (Wildman–Crippen MR) is 79.5 cm³/mol. The lowest BCUT2D eigenvalue weighted by Gasteiger charge is -2.25. The van der Waals surface area contributed by atoms with Gasteiger partial charge in [0, 0.05) is 11.3 Å². The highest BCUT2D eigenvalue weighted by Crippen LogP contribution is 2.36. The molecule has 2 aromatic rings. The van der Waals surface area contributed by atoms with Gasteiger partial charge in [0.2, 0.25) is 0 Å². The second-order valence-corrected chi connectivity index (χ2v) is 5.91. The van der Waals surface area contributed by atoms with E-state index in [1.54, 1.807) is 6.07 Å². The van der Waals surface area contributed by atoms with E-state index in [0.717, 1.165) is 29.2 Å². The molecule has 3 nitrogen and oxygen atoms in total. The summed E-state index contributed by atoms with van der Waals surface area (Å²) in [6.07, 6.45) is 4.91. The van der Waals surface area contributed by atoms with Crippen molar-refractivity contribution in [1.82, 2.24) is 10.2 Å². The first-order valence-electron chi connectivity index (χ1n) is 6.43. The standard InChI is InChI=1S/C14H15Cl2N3/c15-10-5-4-9(7-11(10)16)13-12(18-19-14(13)17)6-8-2-1-3-8/h4-5,7-8H,1-3,6H2,(H3,17,18,19). The van der Waals surface area contributed by atoms with E-state index in [-0.39, 0.29) is 0 Å². The summed E-state index contributed by atoms with van der Waals surface area (Å²) >= 11 is 12.0. The molecule has 1 heterocycles. The summed E-state index contributed by atoms with van der Waals surface area (Å²) in [5.41, 5.74) is 9.01. The van der Waals surface area contributed by atoms with Crippen molar-refractivity contribution in [2.75, 3.05) is 5.73 Å². The fraction of sp³-hybridized carbons (Fsp3) is 0.357. The number of nitrogen functional groups attached to an aromatic ring is 1. The normalized spacial score (nSPS) is 15.5. The van der Waals surface area contributed by atoms with Crippen LogP contribution in [0.4, 0.5) is 5.82 Å². The van der Waals surface area contributed by atoms with Crippen molar-refractivity contribution >= 4 is 29.0 Å². The van der Waals surface area contributed by atoms with Crippen molar-refractivity contribution in [2.45, 2.75) is 25.7 Å². The molecule has 0 unspecified atom stereocenters. The Morgan fingerprint density at radius 2 is 2.05 bits per heavy atom. The number of hydrogen-bond acceptors (Lipinski definition) is 2. The third-order valence-electron chi connectivity index (χ3n) is 3.80. The minimum Gasteiger partial charge on any atom is -0.382 e. The number of H-pyrrole nitrogens is 1. The summed E-state index contributed by atoms with van der Waals surface area (Å²) in [5.74, 6) is 1.27. The molecule has 1 aliphatic carbocycles. The molecule has 1 fully saturated rings. The van der Waals surface area contributed by atoms with Gasteiger partial charge in [0.25, 0.3) is 0 Å². The minimum atomic E-state index is 0.521. The van der Waals surface area contributed by atoms with Crippen LogP contribution in [0.15, 0.2) is 18.2 Å². The van der Waals surface area contributed by atoms with Gasteiger partial charge in [-0.05, 0) is 30.0 Å². The Balaban J connectivity index is 1.97. The van der Waals surface area contributed by atoms with Crippen LogP contribution in [0.2, 0.25) is 10.0 Å². The quantitative estimate of drug-likeness (QED) is 0.886. The lowest BCUT2D eigenvalue weighted by atomic mass is 9.81. The van der Waals surface area contributed by atoms with E-state index in [4.69, 9.17) is 28.9 Å². The molecular weight excluding hydrogens is 281 g/mol. The molecule has 5 heteroatoms. The third-order valence-corrected chi connectivity index (χ3v) is 4.53. The second kappa shape index (κ2) is 5.06. The van der Waals surface area contributed by atoms with Crippen LogP contribution >= 0.6 is 23.2 Å². The Labute approximate surface area is 122 Å². The number of nitrogens with two attached hydrogens (primary N) is 1. The molecule has 1 saturated carbocycles. The number of aromatic nitrogens is 2. The predicted octanol–water partition coefficient (Wildman–Crippen LogP) is 4.31. The van der Waals surface area contributed by atoms with Gasteiger partial charge in [0.15, 0.2) is 5.82 Å². The van der Waals surface area contributed by atoms with E-state index in [2.05, 4.69) is 10.2 Å². The monoisotopic (exact) mass is 295 g/mol. The highest BCUT2D eigenvalue weighted by atomic mass is 35.5. The molecule has 0 spiro atoms. The van der Waals surface area contributed by atoms with Gasteiger partial charge in [0.05, 0.1) is 10.0 Å². The molecule has 1 aromatic heterocycles. The number of anilines is 1. The van der Waals surface area contributed by atoms with Crippen LogP contribution in [0.25, 0.3) is 11.1 Å². The Hall–Kier alpha value is -1.19. The van der Waals surface area contributed by atoms with Crippen LogP contribution in [-0.4, -0.2) is 10.2 Å². The summed E-state index contributed by atoms with van der Waals surface area (Å²) in [5, 5.41) is 8.27. The van der Waals surface area contributed by atoms with Crippen molar-refractivity contribution in [3.05, 3.63) is 33.9 Å². The average Bonchev–Trinajstić information content (AvgIpc) is 2.69. The first-order chi connectivity index (χ1) is 9.15. The number of nitrogens with zero attached hydrogens (tertiary/aromatic N) is 1. The first kappa shape index (κ1) is 12.8. The zero-order valence-electron chi connectivity index (χ0n) is 10.4. The Morgan fingerprint density at radius 1 is 1.26 bits per heavy atom. The highest BCUT2D eigenvalue weighted by molar-refractivity contribution is 6.42.